The molecular formula is C16H20N2O. The topological polar surface area (TPSA) is 37.9 Å². The average molecular weight is 256 g/mol. The molecule has 0 fully saturated rings. The first kappa shape index (κ1) is 12.3. The average Bonchev–Trinajstić information content (AvgIpc) is 2.67. The fourth-order valence-electron chi connectivity index (χ4n) is 2.38. The van der Waals surface area contributed by atoms with Crippen LogP contribution in [0, 0.1) is 6.92 Å². The van der Waals surface area contributed by atoms with Crippen LogP contribution < -0.4 is 4.74 Å². The summed E-state index contributed by atoms with van der Waals surface area (Å²) in [4.78, 5) is 8.27. The van der Waals surface area contributed by atoms with E-state index >= 15 is 0 Å². The van der Waals surface area contributed by atoms with E-state index in [4.69, 9.17) is 9.72 Å². The monoisotopic (exact) mass is 256 g/mol. The molecule has 100 valence electrons. The standard InChI is InChI=1S/C16H20N2O/c1-10-5-6-11-13(9-10)19-8-7-12-14(11)18-15(17-12)16(2,3)4/h5-6,9H,7-8H2,1-4H3,(H,17,18). The molecule has 2 heterocycles. The van der Waals surface area contributed by atoms with Gasteiger partial charge in [0.2, 0.25) is 0 Å². The van der Waals surface area contributed by atoms with Crippen LogP contribution in [0.15, 0.2) is 18.2 Å². The molecule has 0 atom stereocenters. The van der Waals surface area contributed by atoms with Crippen LogP contribution in [0.5, 0.6) is 5.75 Å². The Kier molecular flexibility index (Phi) is 2.66. The van der Waals surface area contributed by atoms with Gasteiger partial charge in [-0.2, -0.15) is 0 Å². The maximum Gasteiger partial charge on any atom is 0.128 e. The van der Waals surface area contributed by atoms with Crippen LogP contribution in [0.25, 0.3) is 11.3 Å². The fourth-order valence-corrected chi connectivity index (χ4v) is 2.38. The minimum atomic E-state index is 0.0396. The summed E-state index contributed by atoms with van der Waals surface area (Å²) in [7, 11) is 0. The van der Waals surface area contributed by atoms with Crippen molar-refractivity contribution in [1.29, 1.82) is 0 Å². The molecule has 1 N–H and O–H groups in total. The van der Waals surface area contributed by atoms with Gasteiger partial charge in [-0.1, -0.05) is 26.8 Å². The summed E-state index contributed by atoms with van der Waals surface area (Å²) in [6.07, 6.45) is 0.857. The predicted molar refractivity (Wildman–Crippen MR) is 76.7 cm³/mol. The molecule has 2 aromatic rings. The summed E-state index contributed by atoms with van der Waals surface area (Å²) >= 11 is 0. The zero-order valence-corrected chi connectivity index (χ0v) is 12.0. The minimum Gasteiger partial charge on any atom is -0.492 e. The quantitative estimate of drug-likeness (QED) is 0.781. The Morgan fingerprint density at radius 1 is 1.26 bits per heavy atom. The molecule has 0 spiro atoms. The molecule has 3 rings (SSSR count). The molecule has 0 unspecified atom stereocenters. The molecule has 0 bridgehead atoms. The zero-order chi connectivity index (χ0) is 13.6. The van der Waals surface area contributed by atoms with E-state index in [2.05, 4.69) is 50.9 Å². The van der Waals surface area contributed by atoms with Gasteiger partial charge in [0.15, 0.2) is 0 Å². The van der Waals surface area contributed by atoms with Crippen LogP contribution >= 0.6 is 0 Å². The van der Waals surface area contributed by atoms with Gasteiger partial charge >= 0.3 is 0 Å². The lowest BCUT2D eigenvalue weighted by molar-refractivity contribution is 0.325. The maximum atomic E-state index is 5.84. The van der Waals surface area contributed by atoms with Gasteiger partial charge in [0, 0.05) is 17.4 Å². The Labute approximate surface area is 114 Å². The predicted octanol–water partition coefficient (Wildman–Crippen LogP) is 3.62. The first-order chi connectivity index (χ1) is 8.95. The molecule has 0 saturated carbocycles. The Balaban J connectivity index is 2.18. The van der Waals surface area contributed by atoms with Gasteiger partial charge in [-0.3, -0.25) is 0 Å². The van der Waals surface area contributed by atoms with E-state index in [1.165, 1.54) is 5.56 Å². The van der Waals surface area contributed by atoms with Gasteiger partial charge in [-0.25, -0.2) is 4.98 Å². The molecule has 1 aromatic carbocycles. The number of imidazole rings is 1. The Hall–Kier alpha value is -1.77. The second kappa shape index (κ2) is 4.12. The summed E-state index contributed by atoms with van der Waals surface area (Å²) < 4.78 is 5.84. The largest absolute Gasteiger partial charge is 0.492 e. The van der Waals surface area contributed by atoms with Crippen LogP contribution in [-0.2, 0) is 11.8 Å². The highest BCUT2D eigenvalue weighted by Crippen LogP contribution is 2.36. The first-order valence-corrected chi connectivity index (χ1v) is 6.78. The summed E-state index contributed by atoms with van der Waals surface area (Å²) in [6.45, 7) is 9.31. The molecule has 0 aliphatic carbocycles. The highest BCUT2D eigenvalue weighted by atomic mass is 16.5. The van der Waals surface area contributed by atoms with E-state index in [0.717, 1.165) is 34.9 Å². The van der Waals surface area contributed by atoms with E-state index in [1.807, 2.05) is 0 Å². The number of hydrogen-bond acceptors (Lipinski definition) is 2. The summed E-state index contributed by atoms with van der Waals surface area (Å²) in [5, 5.41) is 0. The fraction of sp³-hybridized carbons (Fsp3) is 0.438. The number of fused-ring (bicyclic) bond motifs is 3. The highest BCUT2D eigenvalue weighted by molar-refractivity contribution is 5.70. The lowest BCUT2D eigenvalue weighted by atomic mass is 9.96. The third kappa shape index (κ3) is 2.14. The Morgan fingerprint density at radius 2 is 2.05 bits per heavy atom. The Bertz CT molecular complexity index is 620. The van der Waals surface area contributed by atoms with Crippen LogP contribution in [0.2, 0.25) is 0 Å². The van der Waals surface area contributed by atoms with Gasteiger partial charge in [-0.15, -0.1) is 0 Å². The molecule has 0 saturated heterocycles. The van der Waals surface area contributed by atoms with Gasteiger partial charge in [-0.05, 0) is 24.6 Å². The number of benzene rings is 1. The highest BCUT2D eigenvalue weighted by Gasteiger charge is 2.24. The molecule has 1 aromatic heterocycles. The number of H-pyrrole nitrogens is 1. The third-order valence-corrected chi connectivity index (χ3v) is 3.49. The molecule has 0 amide bonds. The van der Waals surface area contributed by atoms with Gasteiger partial charge in [0.1, 0.15) is 11.6 Å². The van der Waals surface area contributed by atoms with E-state index in [-0.39, 0.29) is 5.41 Å². The van der Waals surface area contributed by atoms with Crippen molar-refractivity contribution in [3.8, 4) is 17.0 Å². The van der Waals surface area contributed by atoms with E-state index in [9.17, 15) is 0 Å². The second-order valence-corrected chi connectivity index (χ2v) is 6.26. The molecule has 19 heavy (non-hydrogen) atoms. The van der Waals surface area contributed by atoms with Crippen molar-refractivity contribution in [3.05, 3.63) is 35.3 Å². The van der Waals surface area contributed by atoms with Crippen molar-refractivity contribution in [1.82, 2.24) is 9.97 Å². The van der Waals surface area contributed by atoms with Gasteiger partial charge in [0.25, 0.3) is 0 Å². The van der Waals surface area contributed by atoms with Crippen molar-refractivity contribution in [2.45, 2.75) is 39.5 Å². The lowest BCUT2D eigenvalue weighted by Gasteiger charge is -2.14. The first-order valence-electron chi connectivity index (χ1n) is 6.78. The molecule has 0 radical (unpaired) electrons. The van der Waals surface area contributed by atoms with Crippen molar-refractivity contribution in [3.63, 3.8) is 0 Å². The van der Waals surface area contributed by atoms with Crippen LogP contribution in [0.3, 0.4) is 0 Å². The van der Waals surface area contributed by atoms with Crippen molar-refractivity contribution >= 4 is 0 Å². The number of hydrogen-bond donors (Lipinski definition) is 1. The number of nitrogens with one attached hydrogen (secondary N) is 1. The molecular weight excluding hydrogens is 236 g/mol. The zero-order valence-electron chi connectivity index (χ0n) is 12.0. The lowest BCUT2D eigenvalue weighted by Crippen LogP contribution is -2.13. The summed E-state index contributed by atoms with van der Waals surface area (Å²) in [6, 6.07) is 6.34. The summed E-state index contributed by atoms with van der Waals surface area (Å²) in [5.41, 5.74) is 4.63. The van der Waals surface area contributed by atoms with Crippen molar-refractivity contribution in [2.75, 3.05) is 6.61 Å². The number of aromatic nitrogens is 2. The Morgan fingerprint density at radius 3 is 2.79 bits per heavy atom. The van der Waals surface area contributed by atoms with Crippen molar-refractivity contribution < 1.29 is 4.74 Å². The van der Waals surface area contributed by atoms with Crippen LogP contribution in [-0.4, -0.2) is 16.6 Å². The molecule has 3 nitrogen and oxygen atoms in total. The number of ether oxygens (including phenoxy) is 1. The van der Waals surface area contributed by atoms with E-state index in [0.29, 0.717) is 6.61 Å². The number of rotatable bonds is 0. The molecule has 3 heteroatoms. The second-order valence-electron chi connectivity index (χ2n) is 6.26. The van der Waals surface area contributed by atoms with E-state index in [1.54, 1.807) is 0 Å². The number of aromatic amines is 1. The minimum absolute atomic E-state index is 0.0396. The van der Waals surface area contributed by atoms with Crippen molar-refractivity contribution in [2.24, 2.45) is 0 Å². The third-order valence-electron chi connectivity index (χ3n) is 3.49. The van der Waals surface area contributed by atoms with Gasteiger partial charge in [0.05, 0.1) is 18.0 Å². The van der Waals surface area contributed by atoms with Crippen LogP contribution in [0.4, 0.5) is 0 Å². The summed E-state index contributed by atoms with van der Waals surface area (Å²) in [5.74, 6) is 2.01. The van der Waals surface area contributed by atoms with Gasteiger partial charge < -0.3 is 9.72 Å². The molecule has 1 aliphatic rings. The maximum absolute atomic E-state index is 5.84. The smallest absolute Gasteiger partial charge is 0.128 e. The SMILES string of the molecule is Cc1ccc2c(c1)OCCc1nc(C(C)(C)C)[nH]c1-2. The number of aryl methyl sites for hydroxylation is 1. The normalized spacial score (nSPS) is 14.3. The number of nitrogens with zero attached hydrogens (tertiary/aromatic N) is 1. The molecule has 1 aliphatic heterocycles. The van der Waals surface area contributed by atoms with E-state index < -0.39 is 0 Å². The van der Waals surface area contributed by atoms with Crippen LogP contribution in [0.1, 0.15) is 37.9 Å².